The smallest absolute Gasteiger partial charge is 0.251 e. The monoisotopic (exact) mass is 256 g/mol. The van der Waals surface area contributed by atoms with Crippen LogP contribution in [-0.2, 0) is 0 Å². The highest BCUT2D eigenvalue weighted by atomic mass is 16.1. The van der Waals surface area contributed by atoms with Gasteiger partial charge in [0.05, 0.1) is 0 Å². The molecule has 0 aliphatic rings. The van der Waals surface area contributed by atoms with E-state index in [1.807, 2.05) is 26.0 Å². The zero-order chi connectivity index (χ0) is 13.8. The van der Waals surface area contributed by atoms with E-state index in [0.29, 0.717) is 11.5 Å². The Bertz CT molecular complexity index is 610. The second-order valence-electron chi connectivity index (χ2n) is 4.26. The summed E-state index contributed by atoms with van der Waals surface area (Å²) in [7, 11) is 1.61. The summed E-state index contributed by atoms with van der Waals surface area (Å²) in [5.74, 6) is 0.408. The van der Waals surface area contributed by atoms with E-state index in [2.05, 4.69) is 20.6 Å². The summed E-state index contributed by atoms with van der Waals surface area (Å²) < 4.78 is 0. The minimum Gasteiger partial charge on any atom is -0.355 e. The SMILES string of the molecule is CNC(=O)c1ccc(C)c(Nc2nccc(C)n2)c1. The molecule has 2 rings (SSSR count). The van der Waals surface area contributed by atoms with Crippen LogP contribution in [0.2, 0.25) is 0 Å². The highest BCUT2D eigenvalue weighted by Crippen LogP contribution is 2.20. The van der Waals surface area contributed by atoms with Crippen LogP contribution in [0.4, 0.5) is 11.6 Å². The number of aromatic nitrogens is 2. The summed E-state index contributed by atoms with van der Waals surface area (Å²) in [4.78, 5) is 20.0. The molecule has 0 atom stereocenters. The molecule has 0 aliphatic heterocycles. The standard InChI is InChI=1S/C14H16N4O/c1-9-4-5-11(13(19)15-3)8-12(9)18-14-16-7-6-10(2)17-14/h4-8H,1-3H3,(H,15,19)(H,16,17,18). The molecule has 1 heterocycles. The van der Waals surface area contributed by atoms with E-state index in [4.69, 9.17) is 0 Å². The second-order valence-corrected chi connectivity index (χ2v) is 4.26. The molecule has 5 nitrogen and oxygen atoms in total. The molecule has 1 aromatic carbocycles. The molecule has 0 unspecified atom stereocenters. The van der Waals surface area contributed by atoms with Gasteiger partial charge in [-0.3, -0.25) is 4.79 Å². The Morgan fingerprint density at radius 3 is 2.68 bits per heavy atom. The quantitative estimate of drug-likeness (QED) is 0.883. The van der Waals surface area contributed by atoms with Crippen LogP contribution in [0.15, 0.2) is 30.5 Å². The van der Waals surface area contributed by atoms with Gasteiger partial charge in [-0.15, -0.1) is 0 Å². The summed E-state index contributed by atoms with van der Waals surface area (Å²) in [5.41, 5.74) is 3.34. The van der Waals surface area contributed by atoms with Crippen LogP contribution in [0.5, 0.6) is 0 Å². The first kappa shape index (κ1) is 13.0. The van der Waals surface area contributed by atoms with Gasteiger partial charge in [0, 0.05) is 30.2 Å². The lowest BCUT2D eigenvalue weighted by atomic mass is 10.1. The third-order valence-corrected chi connectivity index (χ3v) is 2.77. The van der Waals surface area contributed by atoms with E-state index >= 15 is 0 Å². The van der Waals surface area contributed by atoms with Gasteiger partial charge in [0.2, 0.25) is 5.95 Å². The van der Waals surface area contributed by atoms with Crippen LogP contribution in [-0.4, -0.2) is 22.9 Å². The number of hydrogen-bond donors (Lipinski definition) is 2. The molecule has 1 aromatic heterocycles. The van der Waals surface area contributed by atoms with E-state index in [1.165, 1.54) is 0 Å². The van der Waals surface area contributed by atoms with Gasteiger partial charge in [-0.1, -0.05) is 6.07 Å². The van der Waals surface area contributed by atoms with Crippen molar-refractivity contribution in [2.45, 2.75) is 13.8 Å². The summed E-state index contributed by atoms with van der Waals surface area (Å²) in [6.07, 6.45) is 1.70. The van der Waals surface area contributed by atoms with Crippen molar-refractivity contribution in [2.24, 2.45) is 0 Å². The fourth-order valence-electron chi connectivity index (χ4n) is 1.67. The molecule has 2 N–H and O–H groups in total. The summed E-state index contributed by atoms with van der Waals surface area (Å²) in [5, 5.41) is 5.73. The minimum absolute atomic E-state index is 0.117. The average Bonchev–Trinajstić information content (AvgIpc) is 2.40. The molecule has 0 bridgehead atoms. The largest absolute Gasteiger partial charge is 0.355 e. The Labute approximate surface area is 112 Å². The van der Waals surface area contributed by atoms with E-state index in [1.54, 1.807) is 25.4 Å². The van der Waals surface area contributed by atoms with Crippen molar-refractivity contribution in [1.82, 2.24) is 15.3 Å². The van der Waals surface area contributed by atoms with Crippen molar-refractivity contribution in [3.05, 3.63) is 47.3 Å². The van der Waals surface area contributed by atoms with Crippen molar-refractivity contribution in [3.63, 3.8) is 0 Å². The first-order valence-corrected chi connectivity index (χ1v) is 5.99. The summed E-state index contributed by atoms with van der Waals surface area (Å²) in [6.45, 7) is 3.87. The molecule has 19 heavy (non-hydrogen) atoms. The number of nitrogens with zero attached hydrogens (tertiary/aromatic N) is 2. The third kappa shape index (κ3) is 3.07. The Morgan fingerprint density at radius 2 is 2.00 bits per heavy atom. The van der Waals surface area contributed by atoms with E-state index in [9.17, 15) is 4.79 Å². The molecule has 0 radical (unpaired) electrons. The van der Waals surface area contributed by atoms with Crippen LogP contribution >= 0.6 is 0 Å². The number of aryl methyl sites for hydroxylation is 2. The van der Waals surface area contributed by atoms with Crippen molar-refractivity contribution in [3.8, 4) is 0 Å². The predicted molar refractivity (Wildman–Crippen MR) is 74.6 cm³/mol. The van der Waals surface area contributed by atoms with Crippen molar-refractivity contribution in [1.29, 1.82) is 0 Å². The molecule has 1 amide bonds. The number of nitrogens with one attached hydrogen (secondary N) is 2. The Kier molecular flexibility index (Phi) is 3.75. The molecule has 0 aliphatic carbocycles. The normalized spacial score (nSPS) is 10.1. The van der Waals surface area contributed by atoms with Crippen LogP contribution in [0.25, 0.3) is 0 Å². The fourth-order valence-corrected chi connectivity index (χ4v) is 1.67. The van der Waals surface area contributed by atoms with Gasteiger partial charge in [-0.05, 0) is 37.6 Å². The van der Waals surface area contributed by atoms with Crippen LogP contribution in [0, 0.1) is 13.8 Å². The first-order chi connectivity index (χ1) is 9.10. The zero-order valence-electron chi connectivity index (χ0n) is 11.2. The molecule has 98 valence electrons. The van der Waals surface area contributed by atoms with Gasteiger partial charge in [0.1, 0.15) is 0 Å². The van der Waals surface area contributed by atoms with E-state index < -0.39 is 0 Å². The van der Waals surface area contributed by atoms with Gasteiger partial charge in [-0.2, -0.15) is 0 Å². The number of hydrogen-bond acceptors (Lipinski definition) is 4. The van der Waals surface area contributed by atoms with Crippen molar-refractivity contribution < 1.29 is 4.79 Å². The fraction of sp³-hybridized carbons (Fsp3) is 0.214. The maximum absolute atomic E-state index is 11.6. The number of carbonyl (C=O) groups excluding carboxylic acids is 1. The number of rotatable bonds is 3. The predicted octanol–water partition coefficient (Wildman–Crippen LogP) is 2.20. The molecule has 5 heteroatoms. The Hall–Kier alpha value is -2.43. The van der Waals surface area contributed by atoms with E-state index in [-0.39, 0.29) is 5.91 Å². The molecule has 0 spiro atoms. The maximum atomic E-state index is 11.6. The molecular weight excluding hydrogens is 240 g/mol. The van der Waals surface area contributed by atoms with Crippen molar-refractivity contribution in [2.75, 3.05) is 12.4 Å². The second kappa shape index (κ2) is 5.48. The number of anilines is 2. The third-order valence-electron chi connectivity index (χ3n) is 2.77. The first-order valence-electron chi connectivity index (χ1n) is 5.99. The molecule has 0 saturated heterocycles. The van der Waals surface area contributed by atoms with Gasteiger partial charge in [0.15, 0.2) is 0 Å². The Morgan fingerprint density at radius 1 is 1.21 bits per heavy atom. The number of benzene rings is 1. The lowest BCUT2D eigenvalue weighted by Crippen LogP contribution is -2.17. The van der Waals surface area contributed by atoms with Crippen molar-refractivity contribution >= 4 is 17.5 Å². The topological polar surface area (TPSA) is 66.9 Å². The van der Waals surface area contributed by atoms with Crippen LogP contribution < -0.4 is 10.6 Å². The van der Waals surface area contributed by atoms with Gasteiger partial charge in [0.25, 0.3) is 5.91 Å². The maximum Gasteiger partial charge on any atom is 0.251 e. The molecule has 0 saturated carbocycles. The number of carbonyl (C=O) groups is 1. The summed E-state index contributed by atoms with van der Waals surface area (Å²) in [6, 6.07) is 7.30. The summed E-state index contributed by atoms with van der Waals surface area (Å²) >= 11 is 0. The highest BCUT2D eigenvalue weighted by molar-refractivity contribution is 5.95. The minimum atomic E-state index is -0.117. The molecule has 2 aromatic rings. The van der Waals surface area contributed by atoms with Crippen LogP contribution in [0.1, 0.15) is 21.6 Å². The van der Waals surface area contributed by atoms with Gasteiger partial charge >= 0.3 is 0 Å². The Balaban J connectivity index is 2.31. The molecule has 0 fully saturated rings. The van der Waals surface area contributed by atoms with Gasteiger partial charge < -0.3 is 10.6 Å². The highest BCUT2D eigenvalue weighted by Gasteiger charge is 2.07. The van der Waals surface area contributed by atoms with Crippen LogP contribution in [0.3, 0.4) is 0 Å². The van der Waals surface area contributed by atoms with Gasteiger partial charge in [-0.25, -0.2) is 9.97 Å². The lowest BCUT2D eigenvalue weighted by molar-refractivity contribution is 0.0963. The number of amides is 1. The zero-order valence-corrected chi connectivity index (χ0v) is 11.2. The average molecular weight is 256 g/mol. The molecular formula is C14H16N4O. The van der Waals surface area contributed by atoms with E-state index in [0.717, 1.165) is 16.9 Å². The lowest BCUT2D eigenvalue weighted by Gasteiger charge is -2.10.